The van der Waals surface area contributed by atoms with Gasteiger partial charge in [-0.25, -0.2) is 9.97 Å². The second-order valence-electron chi connectivity index (χ2n) is 2.15. The van der Waals surface area contributed by atoms with Crippen LogP contribution in [0, 0.1) is 0 Å². The van der Waals surface area contributed by atoms with Crippen molar-refractivity contribution in [1.29, 1.82) is 0 Å². The molecule has 2 aromatic heterocycles. The summed E-state index contributed by atoms with van der Waals surface area (Å²) in [5.41, 5.74) is 0. The lowest BCUT2D eigenvalue weighted by atomic mass is 10.6. The quantitative estimate of drug-likeness (QED) is 0.742. The number of hydrogen-bond donors (Lipinski definition) is 1. The van der Waals surface area contributed by atoms with Crippen molar-refractivity contribution in [2.24, 2.45) is 0 Å². The van der Waals surface area contributed by atoms with Crippen LogP contribution in [0.3, 0.4) is 0 Å². The van der Waals surface area contributed by atoms with Crippen LogP contribution in [0.15, 0.2) is 33.9 Å². The first-order valence-corrected chi connectivity index (χ1v) is 3.46. The lowest BCUT2D eigenvalue weighted by Crippen LogP contribution is -1.97. The molecule has 0 fully saturated rings. The number of rotatable bonds is 3. The molecule has 5 heteroatoms. The first kappa shape index (κ1) is 6.90. The zero-order chi connectivity index (χ0) is 8.23. The van der Waals surface area contributed by atoms with Crippen LogP contribution in [-0.2, 0) is 6.54 Å². The molecule has 0 aliphatic carbocycles. The van der Waals surface area contributed by atoms with E-state index in [-0.39, 0.29) is 0 Å². The minimum absolute atomic E-state index is 0.502. The fourth-order valence-electron chi connectivity index (χ4n) is 0.806. The van der Waals surface area contributed by atoms with Gasteiger partial charge in [0.2, 0.25) is 11.8 Å². The summed E-state index contributed by atoms with van der Waals surface area (Å²) >= 11 is 0. The monoisotopic (exact) mass is 165 g/mol. The molecule has 0 saturated carbocycles. The van der Waals surface area contributed by atoms with Crippen LogP contribution in [0.25, 0.3) is 0 Å². The third-order valence-electron chi connectivity index (χ3n) is 1.33. The molecule has 0 amide bonds. The topological polar surface area (TPSA) is 64.1 Å². The van der Waals surface area contributed by atoms with Crippen LogP contribution in [0.4, 0.5) is 5.88 Å². The zero-order valence-corrected chi connectivity index (χ0v) is 6.23. The summed E-state index contributed by atoms with van der Waals surface area (Å²) in [5, 5.41) is 2.94. The average Bonchev–Trinajstić information content (AvgIpc) is 2.74. The molecule has 0 radical (unpaired) electrons. The van der Waals surface area contributed by atoms with Gasteiger partial charge in [0, 0.05) is 0 Å². The highest BCUT2D eigenvalue weighted by Crippen LogP contribution is 2.05. The summed E-state index contributed by atoms with van der Waals surface area (Å²) in [7, 11) is 0. The predicted molar refractivity (Wildman–Crippen MR) is 40.3 cm³/mol. The summed E-state index contributed by atoms with van der Waals surface area (Å²) in [4.78, 5) is 7.67. The molecular weight excluding hydrogens is 158 g/mol. The SMILES string of the molecule is c1coc(CNc2cnco2)n1. The second-order valence-corrected chi connectivity index (χ2v) is 2.15. The summed E-state index contributed by atoms with van der Waals surface area (Å²) in [6, 6.07) is 0. The molecule has 0 aliphatic rings. The standard InChI is InChI=1S/C7H7N3O2/c1-2-11-7(9-1)4-10-6-3-8-5-12-6/h1-3,5,10H,4H2. The highest BCUT2D eigenvalue weighted by Gasteiger charge is 1.98. The summed E-state index contributed by atoms with van der Waals surface area (Å²) in [5.74, 6) is 1.22. The van der Waals surface area contributed by atoms with E-state index in [2.05, 4.69) is 15.3 Å². The second kappa shape index (κ2) is 3.08. The van der Waals surface area contributed by atoms with Gasteiger partial charge in [0.05, 0.1) is 18.9 Å². The minimum Gasteiger partial charge on any atom is -0.447 e. The van der Waals surface area contributed by atoms with Crippen LogP contribution in [-0.4, -0.2) is 9.97 Å². The Hall–Kier alpha value is -1.78. The van der Waals surface area contributed by atoms with Crippen molar-refractivity contribution in [3.05, 3.63) is 30.9 Å². The van der Waals surface area contributed by atoms with Gasteiger partial charge in [0.15, 0.2) is 6.39 Å². The van der Waals surface area contributed by atoms with Gasteiger partial charge in [0.25, 0.3) is 0 Å². The Kier molecular flexibility index (Phi) is 1.77. The van der Waals surface area contributed by atoms with Crippen LogP contribution < -0.4 is 5.32 Å². The molecule has 62 valence electrons. The van der Waals surface area contributed by atoms with E-state index < -0.39 is 0 Å². The first-order chi connectivity index (χ1) is 5.95. The maximum Gasteiger partial charge on any atom is 0.213 e. The number of hydrogen-bond acceptors (Lipinski definition) is 5. The molecule has 0 spiro atoms. The first-order valence-electron chi connectivity index (χ1n) is 3.46. The Balaban J connectivity index is 1.91. The van der Waals surface area contributed by atoms with Gasteiger partial charge in [-0.15, -0.1) is 0 Å². The number of aromatic nitrogens is 2. The van der Waals surface area contributed by atoms with Crippen LogP contribution >= 0.6 is 0 Å². The Morgan fingerprint density at radius 2 is 2.42 bits per heavy atom. The van der Waals surface area contributed by atoms with Gasteiger partial charge in [-0.05, 0) is 0 Å². The molecule has 5 nitrogen and oxygen atoms in total. The highest BCUT2D eigenvalue weighted by molar-refractivity contribution is 5.25. The Morgan fingerprint density at radius 1 is 1.42 bits per heavy atom. The Labute approximate surface area is 68.4 Å². The molecule has 12 heavy (non-hydrogen) atoms. The minimum atomic E-state index is 0.502. The van der Waals surface area contributed by atoms with Gasteiger partial charge >= 0.3 is 0 Å². The molecule has 0 saturated heterocycles. The van der Waals surface area contributed by atoms with E-state index in [1.54, 1.807) is 12.4 Å². The largest absolute Gasteiger partial charge is 0.447 e. The molecule has 0 aliphatic heterocycles. The van der Waals surface area contributed by atoms with Gasteiger partial charge in [-0.3, -0.25) is 0 Å². The molecule has 0 unspecified atom stereocenters. The van der Waals surface area contributed by atoms with Crippen molar-refractivity contribution in [3.8, 4) is 0 Å². The lowest BCUT2D eigenvalue weighted by Gasteiger charge is -1.95. The molecule has 2 heterocycles. The molecule has 0 aromatic carbocycles. The van der Waals surface area contributed by atoms with Crippen molar-refractivity contribution < 1.29 is 8.83 Å². The number of oxazole rings is 2. The molecular formula is C7H7N3O2. The van der Waals surface area contributed by atoms with Crippen LogP contribution in [0.2, 0.25) is 0 Å². The van der Waals surface area contributed by atoms with E-state index in [0.717, 1.165) is 0 Å². The fourth-order valence-corrected chi connectivity index (χ4v) is 0.806. The summed E-state index contributed by atoms with van der Waals surface area (Å²) < 4.78 is 9.94. The average molecular weight is 165 g/mol. The van der Waals surface area contributed by atoms with E-state index in [0.29, 0.717) is 18.3 Å². The van der Waals surface area contributed by atoms with Gasteiger partial charge in [0.1, 0.15) is 6.26 Å². The van der Waals surface area contributed by atoms with Crippen molar-refractivity contribution in [2.75, 3.05) is 5.32 Å². The van der Waals surface area contributed by atoms with E-state index in [1.165, 1.54) is 12.7 Å². The third kappa shape index (κ3) is 1.45. The summed E-state index contributed by atoms with van der Waals surface area (Å²) in [6.45, 7) is 0.502. The van der Waals surface area contributed by atoms with E-state index in [4.69, 9.17) is 8.83 Å². The highest BCUT2D eigenvalue weighted by atomic mass is 16.4. The number of nitrogens with one attached hydrogen (secondary N) is 1. The van der Waals surface area contributed by atoms with Crippen molar-refractivity contribution in [2.45, 2.75) is 6.54 Å². The van der Waals surface area contributed by atoms with Gasteiger partial charge < -0.3 is 14.2 Å². The molecule has 2 aromatic rings. The van der Waals surface area contributed by atoms with Gasteiger partial charge in [-0.2, -0.15) is 0 Å². The maximum atomic E-state index is 5.00. The fraction of sp³-hybridized carbons (Fsp3) is 0.143. The van der Waals surface area contributed by atoms with Crippen molar-refractivity contribution in [3.63, 3.8) is 0 Å². The molecule has 0 bridgehead atoms. The predicted octanol–water partition coefficient (Wildman–Crippen LogP) is 1.27. The van der Waals surface area contributed by atoms with E-state index in [1.807, 2.05) is 0 Å². The van der Waals surface area contributed by atoms with Crippen LogP contribution in [0.5, 0.6) is 0 Å². The van der Waals surface area contributed by atoms with E-state index >= 15 is 0 Å². The van der Waals surface area contributed by atoms with Crippen molar-refractivity contribution in [1.82, 2.24) is 9.97 Å². The zero-order valence-electron chi connectivity index (χ0n) is 6.23. The Morgan fingerprint density at radius 3 is 3.08 bits per heavy atom. The number of anilines is 1. The normalized spacial score (nSPS) is 10.0. The van der Waals surface area contributed by atoms with Crippen molar-refractivity contribution >= 4 is 5.88 Å². The Bertz CT molecular complexity index is 280. The smallest absolute Gasteiger partial charge is 0.213 e. The lowest BCUT2D eigenvalue weighted by molar-refractivity contribution is 0.497. The third-order valence-corrected chi connectivity index (χ3v) is 1.33. The maximum absolute atomic E-state index is 5.00. The molecule has 0 atom stereocenters. The van der Waals surface area contributed by atoms with Gasteiger partial charge in [-0.1, -0.05) is 0 Å². The molecule has 2 rings (SSSR count). The molecule has 1 N–H and O–H groups in total. The summed E-state index contributed by atoms with van der Waals surface area (Å²) in [6.07, 6.45) is 6.07. The van der Waals surface area contributed by atoms with Crippen LogP contribution in [0.1, 0.15) is 5.89 Å². The number of nitrogens with zero attached hydrogens (tertiary/aromatic N) is 2. The van der Waals surface area contributed by atoms with E-state index in [9.17, 15) is 0 Å².